The van der Waals surface area contributed by atoms with E-state index in [1.54, 1.807) is 36.4 Å². The van der Waals surface area contributed by atoms with Gasteiger partial charge in [0.15, 0.2) is 0 Å². The van der Waals surface area contributed by atoms with Crippen molar-refractivity contribution >= 4 is 23.1 Å². The number of nitro benzene ring substituents is 1. The Morgan fingerprint density at radius 1 is 1.19 bits per heavy atom. The summed E-state index contributed by atoms with van der Waals surface area (Å²) in [5.74, 6) is 0.0737. The molecule has 0 atom stereocenters. The van der Waals surface area contributed by atoms with Crippen molar-refractivity contribution in [3.05, 3.63) is 74.8 Å². The molecule has 3 rings (SSSR count). The van der Waals surface area contributed by atoms with Crippen LogP contribution in [-0.4, -0.2) is 9.91 Å². The third-order valence-electron chi connectivity index (χ3n) is 4.04. The van der Waals surface area contributed by atoms with Gasteiger partial charge in [0, 0.05) is 28.3 Å². The van der Waals surface area contributed by atoms with Gasteiger partial charge in [-0.25, -0.2) is 4.98 Å². The summed E-state index contributed by atoms with van der Waals surface area (Å²) >= 11 is 5.94. The van der Waals surface area contributed by atoms with Crippen LogP contribution >= 0.6 is 11.6 Å². The van der Waals surface area contributed by atoms with Crippen LogP contribution < -0.4 is 5.73 Å². The lowest BCUT2D eigenvalue weighted by Gasteiger charge is -2.15. The van der Waals surface area contributed by atoms with Crippen LogP contribution in [0.3, 0.4) is 0 Å². The van der Waals surface area contributed by atoms with E-state index >= 15 is 0 Å². The molecule has 0 saturated heterocycles. The number of pyridine rings is 1. The molecule has 2 N–H and O–H groups in total. The third kappa shape index (κ3) is 3.08. The van der Waals surface area contributed by atoms with Crippen LogP contribution in [0.25, 0.3) is 22.4 Å². The third-order valence-corrected chi connectivity index (χ3v) is 4.30. The summed E-state index contributed by atoms with van der Waals surface area (Å²) in [5.41, 5.74) is 9.31. The minimum atomic E-state index is -0.477. The van der Waals surface area contributed by atoms with Crippen LogP contribution in [0, 0.1) is 28.4 Å². The average molecular weight is 365 g/mol. The highest BCUT2D eigenvalue weighted by Crippen LogP contribution is 2.37. The number of hydrogen-bond acceptors (Lipinski definition) is 5. The van der Waals surface area contributed by atoms with Gasteiger partial charge in [0.1, 0.15) is 17.5 Å². The zero-order valence-corrected chi connectivity index (χ0v) is 14.5. The summed E-state index contributed by atoms with van der Waals surface area (Å²) in [6, 6.07) is 15.3. The van der Waals surface area contributed by atoms with E-state index in [9.17, 15) is 15.4 Å². The molecule has 128 valence electrons. The quantitative estimate of drug-likeness (QED) is 0.533. The molecule has 1 aromatic heterocycles. The number of nitrogen functional groups attached to an aromatic ring is 1. The Morgan fingerprint density at radius 2 is 1.88 bits per heavy atom. The lowest BCUT2D eigenvalue weighted by atomic mass is 9.92. The molecule has 0 aliphatic heterocycles. The van der Waals surface area contributed by atoms with Gasteiger partial charge in [0.05, 0.1) is 10.6 Å². The Labute approximate surface area is 154 Å². The summed E-state index contributed by atoms with van der Waals surface area (Å²) in [7, 11) is 0. The first kappa shape index (κ1) is 17.4. The number of benzene rings is 2. The van der Waals surface area contributed by atoms with E-state index in [1.807, 2.05) is 6.92 Å². The van der Waals surface area contributed by atoms with Crippen LogP contribution in [0.4, 0.5) is 11.5 Å². The minimum Gasteiger partial charge on any atom is -0.383 e. The zero-order chi connectivity index (χ0) is 18.8. The molecule has 2 aromatic carbocycles. The Hall–Kier alpha value is -3.43. The smallest absolute Gasteiger partial charge is 0.270 e. The van der Waals surface area contributed by atoms with E-state index in [0.29, 0.717) is 27.4 Å². The molecule has 1 heterocycles. The molecular weight excluding hydrogens is 352 g/mol. The summed E-state index contributed by atoms with van der Waals surface area (Å²) in [5, 5.41) is 21.2. The molecule has 0 fully saturated rings. The molecule has 0 spiro atoms. The van der Waals surface area contributed by atoms with Gasteiger partial charge >= 0.3 is 0 Å². The summed E-state index contributed by atoms with van der Waals surface area (Å²) in [4.78, 5) is 15.0. The van der Waals surface area contributed by atoms with E-state index in [2.05, 4.69) is 11.1 Å². The highest BCUT2D eigenvalue weighted by molar-refractivity contribution is 6.30. The molecule has 0 amide bonds. The molecule has 7 heteroatoms. The van der Waals surface area contributed by atoms with Gasteiger partial charge < -0.3 is 5.73 Å². The number of nitriles is 1. The molecule has 0 aliphatic carbocycles. The SMILES string of the molecule is Cc1c(-c2ccc(Cl)cc2)nc(N)c(C#N)c1-c1cccc([N+](=O)[O-])c1. The molecule has 6 nitrogen and oxygen atoms in total. The first-order valence-electron chi connectivity index (χ1n) is 7.63. The summed E-state index contributed by atoms with van der Waals surface area (Å²) in [6.45, 7) is 1.81. The number of non-ortho nitro benzene ring substituents is 1. The summed E-state index contributed by atoms with van der Waals surface area (Å²) in [6.07, 6.45) is 0. The van der Waals surface area contributed by atoms with Gasteiger partial charge in [-0.3, -0.25) is 10.1 Å². The highest BCUT2D eigenvalue weighted by Gasteiger charge is 2.19. The van der Waals surface area contributed by atoms with Gasteiger partial charge in [0.2, 0.25) is 0 Å². The maximum atomic E-state index is 11.1. The first-order valence-corrected chi connectivity index (χ1v) is 8.01. The molecule has 0 unspecified atom stereocenters. The molecular formula is C19H13ClN4O2. The molecule has 0 saturated carbocycles. The molecule has 0 aliphatic rings. The van der Waals surface area contributed by atoms with Gasteiger partial charge in [-0.15, -0.1) is 0 Å². The second kappa shape index (κ2) is 6.82. The van der Waals surface area contributed by atoms with Crippen molar-refractivity contribution in [3.8, 4) is 28.5 Å². The maximum Gasteiger partial charge on any atom is 0.270 e. The van der Waals surface area contributed by atoms with E-state index < -0.39 is 4.92 Å². The number of halogens is 1. The number of nitro groups is 1. The van der Waals surface area contributed by atoms with E-state index in [0.717, 1.165) is 5.56 Å². The average Bonchev–Trinajstić information content (AvgIpc) is 2.63. The zero-order valence-electron chi connectivity index (χ0n) is 13.7. The van der Waals surface area contributed by atoms with Crippen molar-refractivity contribution in [1.29, 1.82) is 5.26 Å². The Balaban J connectivity index is 2.31. The molecule has 0 bridgehead atoms. The van der Waals surface area contributed by atoms with Gasteiger partial charge in [-0.05, 0) is 30.2 Å². The summed E-state index contributed by atoms with van der Waals surface area (Å²) < 4.78 is 0. The van der Waals surface area contributed by atoms with Crippen molar-refractivity contribution < 1.29 is 4.92 Å². The number of nitrogens with two attached hydrogens (primary N) is 1. The van der Waals surface area contributed by atoms with E-state index in [1.165, 1.54) is 12.1 Å². The molecule has 3 aromatic rings. The number of anilines is 1. The maximum absolute atomic E-state index is 11.1. The number of rotatable bonds is 3. The fourth-order valence-electron chi connectivity index (χ4n) is 2.83. The van der Waals surface area contributed by atoms with E-state index in [-0.39, 0.29) is 17.1 Å². The van der Waals surface area contributed by atoms with Gasteiger partial charge in [-0.2, -0.15) is 5.26 Å². The lowest BCUT2D eigenvalue weighted by Crippen LogP contribution is -2.03. The monoisotopic (exact) mass is 364 g/mol. The predicted molar refractivity (Wildman–Crippen MR) is 101 cm³/mol. The Bertz CT molecular complexity index is 1060. The minimum absolute atomic E-state index is 0.0609. The topological polar surface area (TPSA) is 106 Å². The van der Waals surface area contributed by atoms with Crippen LogP contribution in [0.5, 0.6) is 0 Å². The van der Waals surface area contributed by atoms with Crippen molar-refractivity contribution in [2.75, 3.05) is 5.73 Å². The second-order valence-corrected chi connectivity index (χ2v) is 6.08. The fourth-order valence-corrected chi connectivity index (χ4v) is 2.96. The van der Waals surface area contributed by atoms with Crippen molar-refractivity contribution in [2.45, 2.75) is 6.92 Å². The lowest BCUT2D eigenvalue weighted by molar-refractivity contribution is -0.384. The van der Waals surface area contributed by atoms with Crippen LogP contribution in [-0.2, 0) is 0 Å². The Morgan fingerprint density at radius 3 is 2.50 bits per heavy atom. The Kier molecular flexibility index (Phi) is 4.57. The number of aromatic nitrogens is 1. The van der Waals surface area contributed by atoms with Crippen LogP contribution in [0.15, 0.2) is 48.5 Å². The normalized spacial score (nSPS) is 10.3. The van der Waals surface area contributed by atoms with Gasteiger partial charge in [-0.1, -0.05) is 35.9 Å². The highest BCUT2D eigenvalue weighted by atomic mass is 35.5. The van der Waals surface area contributed by atoms with Crippen molar-refractivity contribution in [2.24, 2.45) is 0 Å². The van der Waals surface area contributed by atoms with Crippen LogP contribution in [0.2, 0.25) is 5.02 Å². The molecule has 26 heavy (non-hydrogen) atoms. The first-order chi connectivity index (χ1) is 12.4. The number of hydrogen-bond donors (Lipinski definition) is 1. The van der Waals surface area contributed by atoms with Gasteiger partial charge in [0.25, 0.3) is 5.69 Å². The predicted octanol–water partition coefficient (Wildman–Crippen LogP) is 4.74. The second-order valence-electron chi connectivity index (χ2n) is 5.65. The fraction of sp³-hybridized carbons (Fsp3) is 0.0526. The van der Waals surface area contributed by atoms with Crippen LogP contribution in [0.1, 0.15) is 11.1 Å². The number of nitrogens with zero attached hydrogens (tertiary/aromatic N) is 3. The van der Waals surface area contributed by atoms with Crippen molar-refractivity contribution in [3.63, 3.8) is 0 Å². The largest absolute Gasteiger partial charge is 0.383 e. The molecule has 0 radical (unpaired) electrons. The van der Waals surface area contributed by atoms with E-state index in [4.69, 9.17) is 17.3 Å². The van der Waals surface area contributed by atoms with Crippen molar-refractivity contribution in [1.82, 2.24) is 4.98 Å². The standard InChI is InChI=1S/C19H13ClN4O2/c1-11-17(13-3-2-4-15(9-13)24(25)26)16(10-21)19(22)23-18(11)12-5-7-14(20)8-6-12/h2-9H,1H3,(H2,22,23).